The molecule has 0 fully saturated rings. The van der Waals surface area contributed by atoms with E-state index < -0.39 is 0 Å². The Balaban J connectivity index is 2.51. The number of carbonyl (C=O) groups excluding carboxylic acids is 1. The van der Waals surface area contributed by atoms with E-state index in [1.165, 1.54) is 5.56 Å². The number of benzene rings is 1. The van der Waals surface area contributed by atoms with Gasteiger partial charge in [-0.05, 0) is 36.6 Å². The van der Waals surface area contributed by atoms with Gasteiger partial charge >= 0.3 is 0 Å². The molecule has 0 heterocycles. The molecule has 94 valence electrons. The van der Waals surface area contributed by atoms with E-state index in [0.717, 1.165) is 19.4 Å². The highest BCUT2D eigenvalue weighted by atomic mass is 16.1. The van der Waals surface area contributed by atoms with Crippen molar-refractivity contribution >= 4 is 5.91 Å². The zero-order chi connectivity index (χ0) is 12.7. The third-order valence-electron chi connectivity index (χ3n) is 2.96. The summed E-state index contributed by atoms with van der Waals surface area (Å²) in [5.41, 5.74) is 7.36. The summed E-state index contributed by atoms with van der Waals surface area (Å²) in [4.78, 5) is 11.8. The zero-order valence-electron chi connectivity index (χ0n) is 10.7. The normalized spacial score (nSPS) is 12.2. The van der Waals surface area contributed by atoms with Gasteiger partial charge in [0.05, 0.1) is 0 Å². The summed E-state index contributed by atoms with van der Waals surface area (Å²) in [5, 5.41) is 2.94. The van der Waals surface area contributed by atoms with Crippen molar-refractivity contribution in [1.29, 1.82) is 0 Å². The molecule has 0 aliphatic heterocycles. The molecule has 0 aliphatic carbocycles. The molecule has 0 bridgehead atoms. The fourth-order valence-electron chi connectivity index (χ4n) is 1.50. The molecule has 0 aliphatic rings. The van der Waals surface area contributed by atoms with Gasteiger partial charge in [0.2, 0.25) is 0 Å². The van der Waals surface area contributed by atoms with E-state index in [-0.39, 0.29) is 5.91 Å². The summed E-state index contributed by atoms with van der Waals surface area (Å²) >= 11 is 0. The van der Waals surface area contributed by atoms with Crippen LogP contribution in [0.25, 0.3) is 0 Å². The minimum absolute atomic E-state index is 0.00426. The highest BCUT2D eigenvalue weighted by molar-refractivity contribution is 5.94. The van der Waals surface area contributed by atoms with E-state index in [4.69, 9.17) is 5.73 Å². The van der Waals surface area contributed by atoms with Gasteiger partial charge in [-0.1, -0.05) is 32.4 Å². The third kappa shape index (κ3) is 4.57. The molecule has 1 unspecified atom stereocenters. The molecule has 1 rings (SSSR count). The Morgan fingerprint density at radius 2 is 2.00 bits per heavy atom. The molecule has 3 nitrogen and oxygen atoms in total. The van der Waals surface area contributed by atoms with Crippen LogP contribution in [-0.2, 0) is 6.42 Å². The molecule has 0 aromatic heterocycles. The minimum Gasteiger partial charge on any atom is -0.352 e. The van der Waals surface area contributed by atoms with Crippen LogP contribution in [-0.4, -0.2) is 19.0 Å². The summed E-state index contributed by atoms with van der Waals surface area (Å²) < 4.78 is 0. The topological polar surface area (TPSA) is 55.1 Å². The second kappa shape index (κ2) is 7.07. The van der Waals surface area contributed by atoms with Gasteiger partial charge < -0.3 is 11.1 Å². The van der Waals surface area contributed by atoms with Crippen molar-refractivity contribution in [2.45, 2.75) is 26.7 Å². The Kier molecular flexibility index (Phi) is 5.70. The molecule has 0 saturated heterocycles. The summed E-state index contributed by atoms with van der Waals surface area (Å²) in [6.45, 7) is 5.63. The molecule has 17 heavy (non-hydrogen) atoms. The predicted molar refractivity (Wildman–Crippen MR) is 71.0 cm³/mol. The highest BCUT2D eigenvalue weighted by Crippen LogP contribution is 2.05. The lowest BCUT2D eigenvalue weighted by Gasteiger charge is -2.10. The van der Waals surface area contributed by atoms with E-state index in [1.54, 1.807) is 0 Å². The summed E-state index contributed by atoms with van der Waals surface area (Å²) in [5.74, 6) is 0.528. The number of amides is 1. The number of hydrogen-bond acceptors (Lipinski definition) is 2. The lowest BCUT2D eigenvalue weighted by molar-refractivity contribution is 0.0948. The van der Waals surface area contributed by atoms with Crippen LogP contribution in [0.1, 0.15) is 36.2 Å². The molecule has 0 radical (unpaired) electrons. The monoisotopic (exact) mass is 234 g/mol. The van der Waals surface area contributed by atoms with Crippen LogP contribution >= 0.6 is 0 Å². The first kappa shape index (κ1) is 13.7. The fraction of sp³-hybridized carbons (Fsp3) is 0.500. The first-order chi connectivity index (χ1) is 8.17. The second-order valence-electron chi connectivity index (χ2n) is 4.46. The van der Waals surface area contributed by atoms with Gasteiger partial charge in [0.25, 0.3) is 5.91 Å². The van der Waals surface area contributed by atoms with Crippen LogP contribution in [0.4, 0.5) is 0 Å². The van der Waals surface area contributed by atoms with Crippen LogP contribution in [0.5, 0.6) is 0 Å². The van der Waals surface area contributed by atoms with E-state index in [9.17, 15) is 4.79 Å². The zero-order valence-corrected chi connectivity index (χ0v) is 10.7. The molecule has 1 amide bonds. The summed E-state index contributed by atoms with van der Waals surface area (Å²) in [6, 6.07) is 7.64. The summed E-state index contributed by atoms with van der Waals surface area (Å²) in [7, 11) is 0. The molecule has 3 heteroatoms. The predicted octanol–water partition coefficient (Wildman–Crippen LogP) is 1.96. The average molecular weight is 234 g/mol. The Hall–Kier alpha value is -1.35. The molecule has 1 atom stereocenters. The largest absolute Gasteiger partial charge is 0.352 e. The SMILES string of the molecule is CCC(C)CNC(=O)c1ccc(CCN)cc1. The van der Waals surface area contributed by atoms with Crippen molar-refractivity contribution in [2.75, 3.05) is 13.1 Å². The van der Waals surface area contributed by atoms with Crippen molar-refractivity contribution in [1.82, 2.24) is 5.32 Å². The molecule has 0 spiro atoms. The van der Waals surface area contributed by atoms with Gasteiger partial charge in [-0.25, -0.2) is 0 Å². The number of carbonyl (C=O) groups is 1. The van der Waals surface area contributed by atoms with Crippen LogP contribution in [0.2, 0.25) is 0 Å². The molecular weight excluding hydrogens is 212 g/mol. The smallest absolute Gasteiger partial charge is 0.251 e. The standard InChI is InChI=1S/C14H22N2O/c1-3-11(2)10-16-14(17)13-6-4-12(5-7-13)8-9-15/h4-7,11H,3,8-10,15H2,1-2H3,(H,16,17). The van der Waals surface area contributed by atoms with Gasteiger partial charge in [-0.2, -0.15) is 0 Å². The maximum absolute atomic E-state index is 11.8. The van der Waals surface area contributed by atoms with Gasteiger partial charge in [0.1, 0.15) is 0 Å². The number of nitrogens with one attached hydrogen (secondary N) is 1. The van der Waals surface area contributed by atoms with Crippen molar-refractivity contribution in [3.63, 3.8) is 0 Å². The number of nitrogens with two attached hydrogens (primary N) is 1. The van der Waals surface area contributed by atoms with Gasteiger partial charge in [-0.15, -0.1) is 0 Å². The van der Waals surface area contributed by atoms with E-state index >= 15 is 0 Å². The lowest BCUT2D eigenvalue weighted by atomic mass is 10.1. The van der Waals surface area contributed by atoms with Crippen LogP contribution < -0.4 is 11.1 Å². The Morgan fingerprint density at radius 1 is 1.35 bits per heavy atom. The van der Waals surface area contributed by atoms with Crippen molar-refractivity contribution in [3.05, 3.63) is 35.4 Å². The number of hydrogen-bond donors (Lipinski definition) is 2. The Labute approximate surface area is 103 Å². The molecule has 3 N–H and O–H groups in total. The van der Waals surface area contributed by atoms with Gasteiger partial charge in [0, 0.05) is 12.1 Å². The Bertz CT molecular complexity index is 346. The van der Waals surface area contributed by atoms with Crippen molar-refractivity contribution < 1.29 is 4.79 Å². The quantitative estimate of drug-likeness (QED) is 0.790. The van der Waals surface area contributed by atoms with Gasteiger partial charge in [0.15, 0.2) is 0 Å². The lowest BCUT2D eigenvalue weighted by Crippen LogP contribution is -2.28. The van der Waals surface area contributed by atoms with Crippen molar-refractivity contribution in [2.24, 2.45) is 11.7 Å². The summed E-state index contributed by atoms with van der Waals surface area (Å²) in [6.07, 6.45) is 1.94. The van der Waals surface area contributed by atoms with E-state index in [0.29, 0.717) is 18.0 Å². The molecular formula is C14H22N2O. The average Bonchev–Trinajstić information content (AvgIpc) is 2.36. The minimum atomic E-state index is 0.00426. The van der Waals surface area contributed by atoms with Gasteiger partial charge in [-0.3, -0.25) is 4.79 Å². The molecule has 1 aromatic rings. The van der Waals surface area contributed by atoms with Crippen LogP contribution in [0.3, 0.4) is 0 Å². The second-order valence-corrected chi connectivity index (χ2v) is 4.46. The first-order valence-electron chi connectivity index (χ1n) is 6.24. The highest BCUT2D eigenvalue weighted by Gasteiger charge is 2.06. The molecule has 1 aromatic carbocycles. The first-order valence-corrected chi connectivity index (χ1v) is 6.24. The van der Waals surface area contributed by atoms with Crippen LogP contribution in [0, 0.1) is 5.92 Å². The van der Waals surface area contributed by atoms with Crippen molar-refractivity contribution in [3.8, 4) is 0 Å². The van der Waals surface area contributed by atoms with E-state index in [2.05, 4.69) is 19.2 Å². The van der Waals surface area contributed by atoms with E-state index in [1.807, 2.05) is 24.3 Å². The third-order valence-corrected chi connectivity index (χ3v) is 2.96. The maximum Gasteiger partial charge on any atom is 0.251 e. The van der Waals surface area contributed by atoms with Crippen LogP contribution in [0.15, 0.2) is 24.3 Å². The maximum atomic E-state index is 11.8. The molecule has 0 saturated carbocycles. The fourth-order valence-corrected chi connectivity index (χ4v) is 1.50. The Morgan fingerprint density at radius 3 is 2.53 bits per heavy atom. The number of rotatable bonds is 6.